The number of amides is 1. The van der Waals surface area contributed by atoms with Crippen molar-refractivity contribution in [2.75, 3.05) is 0 Å². The molecule has 0 radical (unpaired) electrons. The van der Waals surface area contributed by atoms with Crippen molar-refractivity contribution >= 4 is 27.8 Å². The molecule has 1 rings (SSSR count). The van der Waals surface area contributed by atoms with Gasteiger partial charge in [0, 0.05) is 10.0 Å². The molecule has 0 aliphatic rings. The van der Waals surface area contributed by atoms with E-state index in [1.807, 2.05) is 13.0 Å². The lowest BCUT2D eigenvalue weighted by atomic mass is 9.74. The predicted octanol–water partition coefficient (Wildman–Crippen LogP) is 3.38. The van der Waals surface area contributed by atoms with Crippen molar-refractivity contribution < 1.29 is 14.7 Å². The number of nitrogens with one attached hydrogen (secondary N) is 1. The zero-order valence-electron chi connectivity index (χ0n) is 12.4. The van der Waals surface area contributed by atoms with E-state index in [1.165, 1.54) is 0 Å². The number of aliphatic carboxylic acids is 1. The molecule has 0 heterocycles. The van der Waals surface area contributed by atoms with E-state index in [0.29, 0.717) is 5.56 Å². The van der Waals surface area contributed by atoms with Gasteiger partial charge >= 0.3 is 5.97 Å². The van der Waals surface area contributed by atoms with Gasteiger partial charge < -0.3 is 10.4 Å². The van der Waals surface area contributed by atoms with Gasteiger partial charge in [-0.3, -0.25) is 9.59 Å². The maximum atomic E-state index is 12.4. The molecule has 0 spiro atoms. The fraction of sp³-hybridized carbons (Fsp3) is 0.467. The summed E-state index contributed by atoms with van der Waals surface area (Å²) >= 11 is 3.38. The van der Waals surface area contributed by atoms with Gasteiger partial charge in [0.1, 0.15) is 0 Å². The van der Waals surface area contributed by atoms with E-state index in [4.69, 9.17) is 0 Å². The molecule has 0 fully saturated rings. The summed E-state index contributed by atoms with van der Waals surface area (Å²) in [6, 6.07) is 5.36. The molecular weight excluding hydrogens is 322 g/mol. The van der Waals surface area contributed by atoms with Crippen LogP contribution in [-0.4, -0.2) is 22.5 Å². The van der Waals surface area contributed by atoms with Crippen LogP contribution in [0.5, 0.6) is 0 Å². The first-order valence-corrected chi connectivity index (χ1v) is 7.11. The quantitative estimate of drug-likeness (QED) is 0.882. The fourth-order valence-corrected chi connectivity index (χ4v) is 1.99. The summed E-state index contributed by atoms with van der Waals surface area (Å²) in [4.78, 5) is 23.7. The van der Waals surface area contributed by atoms with Gasteiger partial charge in [-0.2, -0.15) is 0 Å². The van der Waals surface area contributed by atoms with Crippen molar-refractivity contribution in [3.05, 3.63) is 33.8 Å². The largest absolute Gasteiger partial charge is 0.481 e. The van der Waals surface area contributed by atoms with Crippen LogP contribution < -0.4 is 5.32 Å². The highest BCUT2D eigenvalue weighted by atomic mass is 79.9. The maximum absolute atomic E-state index is 12.4. The Kier molecular flexibility index (Phi) is 4.64. The minimum atomic E-state index is -1.08. The molecule has 1 amide bonds. The summed E-state index contributed by atoms with van der Waals surface area (Å²) in [5, 5.41) is 12.1. The second-order valence-electron chi connectivity index (χ2n) is 5.92. The van der Waals surface area contributed by atoms with Crippen LogP contribution in [0.15, 0.2) is 22.7 Å². The van der Waals surface area contributed by atoms with Crippen molar-refractivity contribution in [2.45, 2.75) is 40.2 Å². The van der Waals surface area contributed by atoms with Crippen LogP contribution in [-0.2, 0) is 4.79 Å². The average Bonchev–Trinajstić information content (AvgIpc) is 2.31. The van der Waals surface area contributed by atoms with Crippen LogP contribution in [0.3, 0.4) is 0 Å². The topological polar surface area (TPSA) is 66.4 Å². The van der Waals surface area contributed by atoms with Crippen molar-refractivity contribution in [3.63, 3.8) is 0 Å². The van der Waals surface area contributed by atoms with E-state index < -0.39 is 16.9 Å². The summed E-state index contributed by atoms with van der Waals surface area (Å²) in [7, 11) is 0. The predicted molar refractivity (Wildman–Crippen MR) is 81.8 cm³/mol. The first kappa shape index (κ1) is 16.7. The summed E-state index contributed by atoms with van der Waals surface area (Å²) in [5.74, 6) is -1.23. The molecule has 1 aromatic carbocycles. The lowest BCUT2D eigenvalue weighted by molar-refractivity contribution is -0.150. The van der Waals surface area contributed by atoms with Crippen molar-refractivity contribution in [1.82, 2.24) is 5.32 Å². The minimum absolute atomic E-state index is 0.275. The number of carboxylic acids is 1. The number of carboxylic acid groups (broad SMARTS) is 1. The third-order valence-electron chi connectivity index (χ3n) is 4.04. The molecule has 0 saturated carbocycles. The number of halogens is 1. The molecule has 0 aliphatic carbocycles. The molecule has 1 aromatic rings. The molecule has 0 bridgehead atoms. The Bertz CT molecular complexity index is 550. The molecule has 20 heavy (non-hydrogen) atoms. The van der Waals surface area contributed by atoms with Gasteiger partial charge in [0.25, 0.3) is 5.91 Å². The van der Waals surface area contributed by atoms with Crippen molar-refractivity contribution in [3.8, 4) is 0 Å². The Morgan fingerprint density at radius 3 is 2.25 bits per heavy atom. The summed E-state index contributed by atoms with van der Waals surface area (Å²) < 4.78 is 0.848. The number of hydrogen-bond acceptors (Lipinski definition) is 2. The molecule has 0 atom stereocenters. The van der Waals surface area contributed by atoms with Gasteiger partial charge in [-0.05, 0) is 52.3 Å². The molecular formula is C15H20BrNO3. The monoisotopic (exact) mass is 341 g/mol. The minimum Gasteiger partial charge on any atom is -0.481 e. The van der Waals surface area contributed by atoms with Crippen LogP contribution in [0.1, 0.15) is 43.6 Å². The molecule has 0 unspecified atom stereocenters. The van der Waals surface area contributed by atoms with E-state index >= 15 is 0 Å². The smallest absolute Gasteiger partial charge is 0.311 e. The standard InChI is InChI=1S/C15H20BrNO3/c1-9-10(7-6-8-11(9)16)12(18)17-15(4,5)14(2,3)13(19)20/h6-8H,1-5H3,(H,17,18)(H,19,20). The Hall–Kier alpha value is -1.36. The van der Waals surface area contributed by atoms with Crippen LogP contribution in [0.4, 0.5) is 0 Å². The van der Waals surface area contributed by atoms with Gasteiger partial charge in [0.05, 0.1) is 11.0 Å². The van der Waals surface area contributed by atoms with Crippen molar-refractivity contribution in [1.29, 1.82) is 0 Å². The van der Waals surface area contributed by atoms with Gasteiger partial charge in [-0.25, -0.2) is 0 Å². The first-order valence-electron chi connectivity index (χ1n) is 6.31. The van der Waals surface area contributed by atoms with Gasteiger partial charge in [-0.1, -0.05) is 22.0 Å². The van der Waals surface area contributed by atoms with Gasteiger partial charge in [0.2, 0.25) is 0 Å². The summed E-state index contributed by atoms with van der Waals surface area (Å²) in [6.07, 6.45) is 0. The fourth-order valence-electron chi connectivity index (χ4n) is 1.63. The third kappa shape index (κ3) is 3.03. The number of hydrogen-bond donors (Lipinski definition) is 2. The molecule has 5 heteroatoms. The van der Waals surface area contributed by atoms with Crippen LogP contribution in [0, 0.1) is 12.3 Å². The number of carbonyl (C=O) groups is 2. The number of carbonyl (C=O) groups excluding carboxylic acids is 1. The average molecular weight is 342 g/mol. The van der Waals surface area contributed by atoms with E-state index in [-0.39, 0.29) is 5.91 Å². The molecule has 4 nitrogen and oxygen atoms in total. The molecule has 0 aromatic heterocycles. The Morgan fingerprint density at radius 2 is 1.75 bits per heavy atom. The second-order valence-corrected chi connectivity index (χ2v) is 6.78. The van der Waals surface area contributed by atoms with Crippen LogP contribution in [0.2, 0.25) is 0 Å². The highest BCUT2D eigenvalue weighted by molar-refractivity contribution is 9.10. The zero-order valence-corrected chi connectivity index (χ0v) is 14.0. The number of rotatable bonds is 4. The molecule has 2 N–H and O–H groups in total. The van der Waals surface area contributed by atoms with Crippen LogP contribution >= 0.6 is 15.9 Å². The summed E-state index contributed by atoms with van der Waals surface area (Å²) in [5.41, 5.74) is -0.602. The van der Waals surface area contributed by atoms with E-state index in [0.717, 1.165) is 10.0 Å². The highest BCUT2D eigenvalue weighted by Gasteiger charge is 2.44. The van der Waals surface area contributed by atoms with Crippen molar-refractivity contribution in [2.24, 2.45) is 5.41 Å². The first-order chi connectivity index (χ1) is 9.00. The maximum Gasteiger partial charge on any atom is 0.311 e. The lowest BCUT2D eigenvalue weighted by Gasteiger charge is -2.38. The van der Waals surface area contributed by atoms with Gasteiger partial charge in [-0.15, -0.1) is 0 Å². The SMILES string of the molecule is Cc1c(Br)cccc1C(=O)NC(C)(C)C(C)(C)C(=O)O. The molecule has 0 aliphatic heterocycles. The summed E-state index contributed by atoms with van der Waals surface area (Å²) in [6.45, 7) is 8.47. The lowest BCUT2D eigenvalue weighted by Crippen LogP contribution is -2.57. The Balaban J connectivity index is 3.07. The highest BCUT2D eigenvalue weighted by Crippen LogP contribution is 2.31. The third-order valence-corrected chi connectivity index (χ3v) is 4.89. The number of benzene rings is 1. The van der Waals surface area contributed by atoms with E-state index in [2.05, 4.69) is 21.2 Å². The molecule has 110 valence electrons. The Labute approximate surface area is 127 Å². The second kappa shape index (κ2) is 5.56. The Morgan fingerprint density at radius 1 is 1.20 bits per heavy atom. The molecule has 0 saturated heterocycles. The van der Waals surface area contributed by atoms with Crippen LogP contribution in [0.25, 0.3) is 0 Å². The van der Waals surface area contributed by atoms with E-state index in [1.54, 1.807) is 39.8 Å². The van der Waals surface area contributed by atoms with Gasteiger partial charge in [0.15, 0.2) is 0 Å². The normalized spacial score (nSPS) is 12.1. The van der Waals surface area contributed by atoms with E-state index in [9.17, 15) is 14.7 Å². The zero-order chi connectivity index (χ0) is 15.7.